The first-order valence-corrected chi connectivity index (χ1v) is 29.5. The van der Waals surface area contributed by atoms with Crippen LogP contribution in [0.5, 0.6) is 0 Å². The number of likely N-dealkylation sites (N-methyl/N-ethyl adjacent to an activating group) is 1. The number of hydrogen-bond acceptors (Lipinski definition) is 8. The highest BCUT2D eigenvalue weighted by Gasteiger charge is 2.22. The quantitative estimate of drug-likeness (QED) is 0.0195. The molecule has 0 N–H and O–H groups in total. The molecule has 0 aliphatic rings. The van der Waals surface area contributed by atoms with E-state index in [4.69, 9.17) is 18.9 Å². The number of aliphatic carboxylic acids is 1. The Morgan fingerprint density at radius 3 is 1.13 bits per heavy atom. The van der Waals surface area contributed by atoms with E-state index in [1.807, 2.05) is 21.1 Å². The van der Waals surface area contributed by atoms with Crippen molar-refractivity contribution in [1.82, 2.24) is 0 Å². The van der Waals surface area contributed by atoms with Crippen molar-refractivity contribution in [2.24, 2.45) is 0 Å². The molecule has 0 amide bonds. The standard InChI is InChI=1S/C67H107NO8/c1-6-8-10-12-14-16-18-20-21-22-23-24-25-26-27-28-29-30-31-32-33-34-35-36-37-38-39-40-41-42-43-44-45-46-48-50-52-54-56-58-65(70)76-63(62-75-67(66(71)72)73-60-59-68(3,4)5)61-74-64(69)57-55-53-51-49-47-19-17-15-13-11-9-7-2/h8,10,14-17,20-21,23-24,26-27,29-30,32-33,35-36,38-39,41-42,44-45,63,67H,6-7,9,11-13,18-19,22,25,28,31,34,37,40,43,46-62H2,1-5H3/b10-8-,16-14-,17-15-,21-20-,24-23-,27-26-,30-29-,33-32-,36-35-,39-38-,42-41-,45-44-. The summed E-state index contributed by atoms with van der Waals surface area (Å²) >= 11 is 0. The van der Waals surface area contributed by atoms with Gasteiger partial charge in [-0.2, -0.15) is 0 Å². The molecule has 0 saturated heterocycles. The van der Waals surface area contributed by atoms with Gasteiger partial charge in [0.15, 0.2) is 12.4 Å². The Kier molecular flexibility index (Phi) is 52.8. The van der Waals surface area contributed by atoms with E-state index in [9.17, 15) is 19.5 Å². The molecule has 0 fully saturated rings. The van der Waals surface area contributed by atoms with Crippen LogP contribution in [0.25, 0.3) is 0 Å². The summed E-state index contributed by atoms with van der Waals surface area (Å²) in [5, 5.41) is 11.7. The van der Waals surface area contributed by atoms with Crippen molar-refractivity contribution >= 4 is 17.9 Å². The van der Waals surface area contributed by atoms with Crippen LogP contribution in [-0.2, 0) is 33.3 Å². The normalized spacial score (nSPS) is 13.9. The third kappa shape index (κ3) is 56.9. The highest BCUT2D eigenvalue weighted by Crippen LogP contribution is 2.13. The molecular formula is C67H107NO8. The van der Waals surface area contributed by atoms with Crippen molar-refractivity contribution in [1.29, 1.82) is 0 Å². The largest absolute Gasteiger partial charge is 0.545 e. The number of nitrogens with zero attached hydrogens (tertiary/aromatic N) is 1. The molecule has 0 aromatic rings. The van der Waals surface area contributed by atoms with Gasteiger partial charge in [-0.25, -0.2) is 0 Å². The van der Waals surface area contributed by atoms with E-state index >= 15 is 0 Å². The molecule has 0 aromatic carbocycles. The zero-order valence-electron chi connectivity index (χ0n) is 48.6. The molecule has 0 aliphatic heterocycles. The second-order valence-corrected chi connectivity index (χ2v) is 20.2. The molecule has 9 nitrogen and oxygen atoms in total. The number of hydrogen-bond donors (Lipinski definition) is 0. The summed E-state index contributed by atoms with van der Waals surface area (Å²) in [6.45, 7) is 4.54. The Morgan fingerprint density at radius 2 is 0.750 bits per heavy atom. The number of unbranched alkanes of at least 4 members (excludes halogenated alkanes) is 13. The molecule has 0 spiro atoms. The first-order chi connectivity index (χ1) is 37.1. The van der Waals surface area contributed by atoms with Gasteiger partial charge < -0.3 is 33.3 Å². The smallest absolute Gasteiger partial charge is 0.306 e. The molecule has 76 heavy (non-hydrogen) atoms. The molecule has 2 atom stereocenters. The summed E-state index contributed by atoms with van der Waals surface area (Å²) in [7, 11) is 5.89. The summed E-state index contributed by atoms with van der Waals surface area (Å²) in [5.74, 6) is -2.34. The highest BCUT2D eigenvalue weighted by atomic mass is 16.7. The Morgan fingerprint density at radius 1 is 0.408 bits per heavy atom. The van der Waals surface area contributed by atoms with Crippen LogP contribution in [0.3, 0.4) is 0 Å². The number of esters is 2. The minimum absolute atomic E-state index is 0.135. The third-order valence-electron chi connectivity index (χ3n) is 11.8. The zero-order valence-corrected chi connectivity index (χ0v) is 48.6. The molecule has 0 radical (unpaired) electrons. The van der Waals surface area contributed by atoms with Gasteiger partial charge in [0, 0.05) is 12.8 Å². The molecule has 0 aliphatic carbocycles. The van der Waals surface area contributed by atoms with E-state index in [1.54, 1.807) is 0 Å². The fraction of sp³-hybridized carbons (Fsp3) is 0.597. The second kappa shape index (κ2) is 56.4. The molecule has 2 unspecified atom stereocenters. The minimum Gasteiger partial charge on any atom is -0.545 e. The average Bonchev–Trinajstić information content (AvgIpc) is 3.39. The van der Waals surface area contributed by atoms with Gasteiger partial charge in [-0.15, -0.1) is 0 Å². The van der Waals surface area contributed by atoms with Gasteiger partial charge in [0.25, 0.3) is 0 Å². The van der Waals surface area contributed by atoms with Gasteiger partial charge in [-0.3, -0.25) is 9.59 Å². The number of carboxylic acid groups (broad SMARTS) is 1. The van der Waals surface area contributed by atoms with Crippen molar-refractivity contribution in [3.05, 3.63) is 146 Å². The lowest BCUT2D eigenvalue weighted by Gasteiger charge is -2.26. The summed E-state index contributed by atoms with van der Waals surface area (Å²) < 4.78 is 22.6. The summed E-state index contributed by atoms with van der Waals surface area (Å²) in [4.78, 5) is 37.2. The molecule has 0 saturated carbocycles. The zero-order chi connectivity index (χ0) is 55.5. The van der Waals surface area contributed by atoms with Gasteiger partial charge in [0.05, 0.1) is 40.3 Å². The number of rotatable bonds is 52. The highest BCUT2D eigenvalue weighted by molar-refractivity contribution is 5.70. The molecule has 0 heterocycles. The molecule has 9 heteroatoms. The Labute approximate surface area is 464 Å². The fourth-order valence-corrected chi connectivity index (χ4v) is 7.30. The summed E-state index contributed by atoms with van der Waals surface area (Å²) in [6.07, 6.45) is 79.1. The van der Waals surface area contributed by atoms with Crippen LogP contribution in [0.15, 0.2) is 146 Å². The van der Waals surface area contributed by atoms with Crippen LogP contribution in [0, 0.1) is 0 Å². The van der Waals surface area contributed by atoms with Crippen LogP contribution in [0.1, 0.15) is 200 Å². The van der Waals surface area contributed by atoms with Gasteiger partial charge in [0.1, 0.15) is 13.2 Å². The lowest BCUT2D eigenvalue weighted by Crippen LogP contribution is -2.44. The van der Waals surface area contributed by atoms with E-state index in [-0.39, 0.29) is 38.6 Å². The Balaban J connectivity index is 4.23. The Bertz CT molecular complexity index is 1750. The van der Waals surface area contributed by atoms with E-state index < -0.39 is 24.3 Å². The van der Waals surface area contributed by atoms with Gasteiger partial charge in [0.2, 0.25) is 0 Å². The van der Waals surface area contributed by atoms with E-state index in [1.165, 1.54) is 19.3 Å². The maximum Gasteiger partial charge on any atom is 0.306 e. The first kappa shape index (κ1) is 71.2. The third-order valence-corrected chi connectivity index (χ3v) is 11.8. The first-order valence-electron chi connectivity index (χ1n) is 29.5. The molecule has 0 aromatic heterocycles. The summed E-state index contributed by atoms with van der Waals surface area (Å²) in [5.41, 5.74) is 0. The molecule has 428 valence electrons. The predicted octanol–water partition coefficient (Wildman–Crippen LogP) is 16.3. The summed E-state index contributed by atoms with van der Waals surface area (Å²) in [6, 6.07) is 0. The van der Waals surface area contributed by atoms with Crippen LogP contribution in [0.2, 0.25) is 0 Å². The minimum atomic E-state index is -1.64. The average molecular weight is 1050 g/mol. The van der Waals surface area contributed by atoms with Crippen molar-refractivity contribution in [3.63, 3.8) is 0 Å². The van der Waals surface area contributed by atoms with Gasteiger partial charge in [-0.05, 0) is 122 Å². The number of ether oxygens (including phenoxy) is 4. The molecular weight excluding hydrogens is 947 g/mol. The van der Waals surface area contributed by atoms with Crippen LogP contribution in [0.4, 0.5) is 0 Å². The van der Waals surface area contributed by atoms with Gasteiger partial charge in [-0.1, -0.05) is 211 Å². The fourth-order valence-electron chi connectivity index (χ4n) is 7.30. The number of quaternary nitrogens is 1. The van der Waals surface area contributed by atoms with E-state index in [0.29, 0.717) is 17.4 Å². The number of carbonyl (C=O) groups is 3. The lowest BCUT2D eigenvalue weighted by molar-refractivity contribution is -0.870. The number of carboxylic acids is 1. The van der Waals surface area contributed by atoms with Crippen molar-refractivity contribution < 1.29 is 42.9 Å². The lowest BCUT2D eigenvalue weighted by atomic mass is 10.1. The van der Waals surface area contributed by atoms with Crippen LogP contribution < -0.4 is 5.11 Å². The molecule has 0 rings (SSSR count). The van der Waals surface area contributed by atoms with Crippen LogP contribution in [-0.4, -0.2) is 82.3 Å². The van der Waals surface area contributed by atoms with Gasteiger partial charge >= 0.3 is 11.9 Å². The van der Waals surface area contributed by atoms with E-state index in [2.05, 4.69) is 160 Å². The maximum absolute atomic E-state index is 12.8. The van der Waals surface area contributed by atoms with Crippen LogP contribution >= 0.6 is 0 Å². The maximum atomic E-state index is 12.8. The predicted molar refractivity (Wildman–Crippen MR) is 319 cm³/mol. The topological polar surface area (TPSA) is 111 Å². The number of allylic oxidation sites excluding steroid dienone is 24. The van der Waals surface area contributed by atoms with Crippen molar-refractivity contribution in [3.8, 4) is 0 Å². The Hall–Kier alpha value is -4.83. The van der Waals surface area contributed by atoms with E-state index in [0.717, 1.165) is 148 Å². The molecule has 0 bridgehead atoms. The SMILES string of the molecule is CC/C=C\C/C=C\C/C=C\C/C=C\C/C=C\C/C=C\C/C=C\C/C=C\C/C=C\C/C=C\C/C=C\CCCCCCCC(=O)OC(COC(=O)CCCCCCC/C=C\CCCCC)COC(OCC[N+](C)(C)C)C(=O)[O-]. The second-order valence-electron chi connectivity index (χ2n) is 20.2. The monoisotopic (exact) mass is 1050 g/mol. The van der Waals surface area contributed by atoms with Crippen molar-refractivity contribution in [2.75, 3.05) is 47.5 Å². The van der Waals surface area contributed by atoms with Crippen molar-refractivity contribution in [2.45, 2.75) is 212 Å². The number of carbonyl (C=O) groups excluding carboxylic acids is 3.